The smallest absolute Gasteiger partial charge is 0.339 e. The van der Waals surface area contributed by atoms with Gasteiger partial charge in [0.25, 0.3) is 0 Å². The largest absolute Gasteiger partial charge is 0.416 e. The van der Waals surface area contributed by atoms with Crippen LogP contribution in [0.4, 0.5) is 13.2 Å². The van der Waals surface area contributed by atoms with Gasteiger partial charge in [-0.1, -0.05) is 17.3 Å². The van der Waals surface area contributed by atoms with Crippen molar-refractivity contribution in [2.24, 2.45) is 0 Å². The first-order valence-electron chi connectivity index (χ1n) is 8.15. The molecule has 27 heavy (non-hydrogen) atoms. The monoisotopic (exact) mass is 373 g/mol. The summed E-state index contributed by atoms with van der Waals surface area (Å²) in [6, 6.07) is 6.72. The molecule has 0 aliphatic heterocycles. The Labute approximate surface area is 151 Å². The first-order chi connectivity index (χ1) is 12.8. The van der Waals surface area contributed by atoms with E-state index in [1.54, 1.807) is 29.9 Å². The summed E-state index contributed by atoms with van der Waals surface area (Å²) < 4.78 is 45.2. The Morgan fingerprint density at radius 2 is 1.85 bits per heavy atom. The number of hydrogen-bond donors (Lipinski definition) is 0. The van der Waals surface area contributed by atoms with Crippen molar-refractivity contribution in [3.8, 4) is 11.1 Å². The number of alkyl halides is 3. The van der Waals surface area contributed by atoms with Gasteiger partial charge in [0, 0.05) is 11.8 Å². The predicted molar refractivity (Wildman–Crippen MR) is 90.0 cm³/mol. The van der Waals surface area contributed by atoms with Crippen molar-refractivity contribution in [3.05, 3.63) is 65.7 Å². The third kappa shape index (κ3) is 3.05. The molecule has 0 amide bonds. The second-order valence-corrected chi connectivity index (χ2v) is 6.14. The van der Waals surface area contributed by atoms with E-state index < -0.39 is 11.7 Å². The molecule has 138 valence electrons. The number of rotatable bonds is 3. The van der Waals surface area contributed by atoms with Crippen LogP contribution >= 0.6 is 0 Å². The molecule has 3 heterocycles. The lowest BCUT2D eigenvalue weighted by atomic mass is 10.1. The number of fused-ring (bicyclic) bond motifs is 1. The molecule has 4 aromatic rings. The maximum absolute atomic E-state index is 12.8. The van der Waals surface area contributed by atoms with Crippen LogP contribution in [-0.2, 0) is 6.18 Å². The molecule has 4 rings (SSSR count). The highest BCUT2D eigenvalue weighted by atomic mass is 19.4. The van der Waals surface area contributed by atoms with E-state index in [1.807, 2.05) is 6.92 Å². The van der Waals surface area contributed by atoms with Crippen LogP contribution < -0.4 is 0 Å². The van der Waals surface area contributed by atoms with Gasteiger partial charge in [0.1, 0.15) is 0 Å². The molecule has 3 aromatic heterocycles. The van der Waals surface area contributed by atoms with E-state index in [4.69, 9.17) is 4.52 Å². The van der Waals surface area contributed by atoms with Gasteiger partial charge in [-0.2, -0.15) is 23.3 Å². The summed E-state index contributed by atoms with van der Waals surface area (Å²) in [7, 11) is 0. The van der Waals surface area contributed by atoms with Crippen molar-refractivity contribution < 1.29 is 17.7 Å². The quantitative estimate of drug-likeness (QED) is 0.537. The number of nitrogens with zero attached hydrogens (tertiary/aromatic N) is 5. The topological polar surface area (TPSA) is 69.1 Å². The molecule has 1 unspecified atom stereocenters. The lowest BCUT2D eigenvalue weighted by Crippen LogP contribution is -2.06. The van der Waals surface area contributed by atoms with Crippen molar-refractivity contribution in [1.82, 2.24) is 24.7 Å². The fraction of sp³-hybridized carbons (Fsp3) is 0.222. The zero-order valence-corrected chi connectivity index (χ0v) is 14.4. The van der Waals surface area contributed by atoms with E-state index in [-0.39, 0.29) is 5.92 Å². The maximum atomic E-state index is 12.8. The minimum atomic E-state index is -4.37. The molecule has 0 aliphatic carbocycles. The molecule has 0 N–H and O–H groups in total. The van der Waals surface area contributed by atoms with Crippen molar-refractivity contribution in [3.63, 3.8) is 0 Å². The number of halogens is 3. The molecule has 0 fully saturated rings. The third-order valence-corrected chi connectivity index (χ3v) is 4.31. The zero-order valence-electron chi connectivity index (χ0n) is 14.4. The summed E-state index contributed by atoms with van der Waals surface area (Å²) in [4.78, 5) is 8.59. The molecule has 0 saturated heterocycles. The summed E-state index contributed by atoms with van der Waals surface area (Å²) in [6.45, 7) is 3.64. The van der Waals surface area contributed by atoms with E-state index in [9.17, 15) is 13.2 Å². The molecule has 0 radical (unpaired) electrons. The number of aromatic nitrogens is 5. The van der Waals surface area contributed by atoms with Crippen LogP contribution in [0.25, 0.3) is 16.8 Å². The van der Waals surface area contributed by atoms with Crippen molar-refractivity contribution in [2.45, 2.75) is 25.9 Å². The fourth-order valence-electron chi connectivity index (χ4n) is 2.90. The van der Waals surface area contributed by atoms with Crippen LogP contribution in [0.5, 0.6) is 0 Å². The Kier molecular flexibility index (Phi) is 3.94. The highest BCUT2D eigenvalue weighted by Crippen LogP contribution is 2.32. The van der Waals surface area contributed by atoms with Gasteiger partial charge in [-0.25, -0.2) is 9.50 Å². The number of benzene rings is 1. The third-order valence-electron chi connectivity index (χ3n) is 4.31. The molecule has 0 spiro atoms. The van der Waals surface area contributed by atoms with Crippen LogP contribution in [0.1, 0.15) is 35.8 Å². The Balaban J connectivity index is 1.76. The average molecular weight is 373 g/mol. The van der Waals surface area contributed by atoms with Gasteiger partial charge in [0.05, 0.1) is 23.4 Å². The van der Waals surface area contributed by atoms with Gasteiger partial charge in [0.2, 0.25) is 5.89 Å². The summed E-state index contributed by atoms with van der Waals surface area (Å²) in [5.74, 6) is 0.761. The van der Waals surface area contributed by atoms with Gasteiger partial charge in [0.15, 0.2) is 11.5 Å². The Morgan fingerprint density at radius 1 is 1.11 bits per heavy atom. The van der Waals surface area contributed by atoms with Crippen molar-refractivity contribution in [2.75, 3.05) is 0 Å². The average Bonchev–Trinajstić information content (AvgIpc) is 3.26. The lowest BCUT2D eigenvalue weighted by Gasteiger charge is -2.09. The first-order valence-corrected chi connectivity index (χ1v) is 8.15. The Hall–Kier alpha value is -3.23. The summed E-state index contributed by atoms with van der Waals surface area (Å²) in [5.41, 5.74) is 1.86. The van der Waals surface area contributed by atoms with E-state index in [1.165, 1.54) is 12.1 Å². The van der Waals surface area contributed by atoms with Gasteiger partial charge in [-0.15, -0.1) is 0 Å². The second-order valence-electron chi connectivity index (χ2n) is 6.14. The minimum Gasteiger partial charge on any atom is -0.339 e. The normalized spacial score (nSPS) is 13.2. The van der Waals surface area contributed by atoms with Crippen LogP contribution in [0.3, 0.4) is 0 Å². The van der Waals surface area contributed by atoms with Gasteiger partial charge >= 0.3 is 6.18 Å². The molecule has 6 nitrogen and oxygen atoms in total. The van der Waals surface area contributed by atoms with E-state index >= 15 is 0 Å². The zero-order chi connectivity index (χ0) is 19.2. The number of hydrogen-bond acceptors (Lipinski definition) is 5. The molecule has 0 bridgehead atoms. The number of aryl methyl sites for hydroxylation is 1. The summed E-state index contributed by atoms with van der Waals surface area (Å²) in [6.07, 6.45) is -1.16. The van der Waals surface area contributed by atoms with Crippen molar-refractivity contribution in [1.29, 1.82) is 0 Å². The molecule has 9 heteroatoms. The fourth-order valence-corrected chi connectivity index (χ4v) is 2.90. The molecule has 1 aromatic carbocycles. The van der Waals surface area contributed by atoms with E-state index in [2.05, 4.69) is 20.2 Å². The standard InChI is InChI=1S/C18H14F3N5O/c1-10(17-24-11(2)25-27-17)15-7-8-22-16-14(9-23-26(15)16)12-3-5-13(6-4-12)18(19,20)21/h3-10H,1-2H3. The highest BCUT2D eigenvalue weighted by molar-refractivity contribution is 5.77. The maximum Gasteiger partial charge on any atom is 0.416 e. The summed E-state index contributed by atoms with van der Waals surface area (Å²) >= 11 is 0. The van der Waals surface area contributed by atoms with Crippen LogP contribution in [0.15, 0.2) is 47.2 Å². The highest BCUT2D eigenvalue weighted by Gasteiger charge is 2.30. The molecule has 0 saturated carbocycles. The molecular formula is C18H14F3N5O. The van der Waals surface area contributed by atoms with Gasteiger partial charge < -0.3 is 4.52 Å². The second kappa shape index (κ2) is 6.19. The van der Waals surface area contributed by atoms with Crippen LogP contribution in [0.2, 0.25) is 0 Å². The van der Waals surface area contributed by atoms with Crippen molar-refractivity contribution >= 4 is 5.65 Å². The lowest BCUT2D eigenvalue weighted by molar-refractivity contribution is -0.137. The van der Waals surface area contributed by atoms with E-state index in [0.717, 1.165) is 17.8 Å². The molecule has 0 aliphatic rings. The Morgan fingerprint density at radius 3 is 2.48 bits per heavy atom. The predicted octanol–water partition coefficient (Wildman–Crippen LogP) is 4.26. The van der Waals surface area contributed by atoms with Gasteiger partial charge in [-0.05, 0) is 37.6 Å². The Bertz CT molecular complexity index is 1100. The molecular weight excluding hydrogens is 359 g/mol. The van der Waals surface area contributed by atoms with Gasteiger partial charge in [-0.3, -0.25) is 0 Å². The van der Waals surface area contributed by atoms with Crippen LogP contribution in [-0.4, -0.2) is 24.7 Å². The summed E-state index contributed by atoms with van der Waals surface area (Å²) in [5, 5.41) is 8.16. The molecule has 1 atom stereocenters. The SMILES string of the molecule is Cc1noc(C(C)c2ccnc3c(-c4ccc(C(F)(F)F)cc4)cnn23)n1. The van der Waals surface area contributed by atoms with E-state index in [0.29, 0.717) is 28.5 Å². The minimum absolute atomic E-state index is 0.225. The van der Waals surface area contributed by atoms with Crippen LogP contribution in [0, 0.1) is 6.92 Å². The first kappa shape index (κ1) is 17.2.